The van der Waals surface area contributed by atoms with Gasteiger partial charge in [-0.1, -0.05) is 30.2 Å². The molecule has 2 saturated heterocycles. The maximum atomic E-state index is 13.2. The summed E-state index contributed by atoms with van der Waals surface area (Å²) < 4.78 is 5.45. The van der Waals surface area contributed by atoms with Crippen molar-refractivity contribution in [3.8, 4) is 0 Å². The summed E-state index contributed by atoms with van der Waals surface area (Å²) in [5.41, 5.74) is 1.25. The van der Waals surface area contributed by atoms with Gasteiger partial charge in [0, 0.05) is 62.8 Å². The number of benzene rings is 1. The van der Waals surface area contributed by atoms with Gasteiger partial charge in [-0.05, 0) is 43.4 Å². The van der Waals surface area contributed by atoms with Gasteiger partial charge in [0.1, 0.15) is 0 Å². The molecule has 2 aliphatic heterocycles. The van der Waals surface area contributed by atoms with Gasteiger partial charge in [-0.15, -0.1) is 0 Å². The lowest BCUT2D eigenvalue weighted by Crippen LogP contribution is -2.47. The lowest BCUT2D eigenvalue weighted by Gasteiger charge is -2.36. The molecule has 0 N–H and O–H groups in total. The molecule has 3 fully saturated rings. The molecule has 0 radical (unpaired) electrons. The first-order chi connectivity index (χ1) is 14.2. The SMILES string of the molecule is O=C(C1CCC1)N(CCCN1CCOCC1)C1CCN(Cc2cccc(Cl)c2)C1. The normalized spacial score (nSPS) is 23.8. The average Bonchev–Trinajstić information content (AvgIpc) is 3.12. The van der Waals surface area contributed by atoms with Gasteiger partial charge < -0.3 is 9.64 Å². The van der Waals surface area contributed by atoms with Crippen LogP contribution in [0.15, 0.2) is 24.3 Å². The maximum Gasteiger partial charge on any atom is 0.225 e. The van der Waals surface area contributed by atoms with Crippen LogP contribution in [0.25, 0.3) is 0 Å². The van der Waals surface area contributed by atoms with Crippen molar-refractivity contribution in [1.29, 1.82) is 0 Å². The van der Waals surface area contributed by atoms with Crippen LogP contribution in [0.1, 0.15) is 37.7 Å². The van der Waals surface area contributed by atoms with Crippen LogP contribution in [0.2, 0.25) is 5.02 Å². The van der Waals surface area contributed by atoms with Crippen molar-refractivity contribution >= 4 is 17.5 Å². The topological polar surface area (TPSA) is 36.0 Å². The van der Waals surface area contributed by atoms with Crippen molar-refractivity contribution < 1.29 is 9.53 Å². The van der Waals surface area contributed by atoms with Gasteiger partial charge in [0.15, 0.2) is 0 Å². The number of carbonyl (C=O) groups is 1. The third kappa shape index (κ3) is 5.72. The van der Waals surface area contributed by atoms with Gasteiger partial charge in [0.2, 0.25) is 5.91 Å². The Kier molecular flexibility index (Phi) is 7.46. The van der Waals surface area contributed by atoms with Crippen LogP contribution < -0.4 is 0 Å². The molecule has 4 rings (SSSR count). The van der Waals surface area contributed by atoms with Gasteiger partial charge in [-0.2, -0.15) is 0 Å². The van der Waals surface area contributed by atoms with E-state index in [-0.39, 0.29) is 5.92 Å². The molecule has 6 heteroatoms. The number of ether oxygens (including phenoxy) is 1. The molecule has 29 heavy (non-hydrogen) atoms. The van der Waals surface area contributed by atoms with E-state index >= 15 is 0 Å². The molecule has 1 unspecified atom stereocenters. The highest BCUT2D eigenvalue weighted by Gasteiger charge is 2.35. The summed E-state index contributed by atoms with van der Waals surface area (Å²) in [5.74, 6) is 0.688. The van der Waals surface area contributed by atoms with E-state index in [1.165, 1.54) is 12.0 Å². The Morgan fingerprint density at radius 3 is 2.69 bits per heavy atom. The van der Waals surface area contributed by atoms with Crippen LogP contribution in [0.4, 0.5) is 0 Å². The number of halogens is 1. The zero-order valence-corrected chi connectivity index (χ0v) is 18.2. The fourth-order valence-electron chi connectivity index (χ4n) is 4.76. The Morgan fingerprint density at radius 1 is 1.14 bits per heavy atom. The third-order valence-electron chi connectivity index (χ3n) is 6.70. The van der Waals surface area contributed by atoms with E-state index in [0.29, 0.717) is 11.9 Å². The van der Waals surface area contributed by atoms with E-state index in [0.717, 1.165) is 89.7 Å². The number of rotatable bonds is 8. The summed E-state index contributed by atoms with van der Waals surface area (Å²) in [6.07, 6.45) is 5.51. The van der Waals surface area contributed by atoms with Gasteiger partial charge >= 0.3 is 0 Å². The summed E-state index contributed by atoms with van der Waals surface area (Å²) in [7, 11) is 0. The first-order valence-electron chi connectivity index (χ1n) is 11.3. The highest BCUT2D eigenvalue weighted by molar-refractivity contribution is 6.30. The van der Waals surface area contributed by atoms with Crippen LogP contribution in [0, 0.1) is 5.92 Å². The standard InChI is InChI=1S/C23H34ClN3O2/c24-21-7-1-4-19(16-21)17-26-11-8-22(18-26)27(23(28)20-5-2-6-20)10-3-9-25-12-14-29-15-13-25/h1,4,7,16,20,22H,2-3,5-6,8-15,17-18H2. The Hall–Kier alpha value is -1.14. The number of hydrogen-bond donors (Lipinski definition) is 0. The second-order valence-corrected chi connectivity index (χ2v) is 9.21. The Balaban J connectivity index is 1.32. The van der Waals surface area contributed by atoms with Crippen molar-refractivity contribution in [3.05, 3.63) is 34.9 Å². The van der Waals surface area contributed by atoms with Crippen molar-refractivity contribution in [2.24, 2.45) is 5.92 Å². The molecule has 0 bridgehead atoms. The monoisotopic (exact) mass is 419 g/mol. The largest absolute Gasteiger partial charge is 0.379 e. The number of hydrogen-bond acceptors (Lipinski definition) is 4. The second-order valence-electron chi connectivity index (χ2n) is 8.77. The molecule has 2 heterocycles. The van der Waals surface area contributed by atoms with Crippen LogP contribution >= 0.6 is 11.6 Å². The molecule has 1 aromatic rings. The minimum Gasteiger partial charge on any atom is -0.379 e. The molecule has 1 aliphatic carbocycles. The Bertz CT molecular complexity index is 676. The van der Waals surface area contributed by atoms with E-state index in [2.05, 4.69) is 26.8 Å². The fraction of sp³-hybridized carbons (Fsp3) is 0.696. The molecule has 3 aliphatic rings. The van der Waals surface area contributed by atoms with Gasteiger partial charge in [0.05, 0.1) is 13.2 Å². The van der Waals surface area contributed by atoms with E-state index in [9.17, 15) is 4.79 Å². The van der Waals surface area contributed by atoms with E-state index in [1.807, 2.05) is 12.1 Å². The molecule has 1 amide bonds. The van der Waals surface area contributed by atoms with E-state index < -0.39 is 0 Å². The van der Waals surface area contributed by atoms with E-state index in [4.69, 9.17) is 16.3 Å². The van der Waals surface area contributed by atoms with Gasteiger partial charge in [0.25, 0.3) is 0 Å². The smallest absolute Gasteiger partial charge is 0.225 e. The van der Waals surface area contributed by atoms with E-state index in [1.54, 1.807) is 0 Å². The molecule has 1 aromatic carbocycles. The lowest BCUT2D eigenvalue weighted by molar-refractivity contribution is -0.140. The van der Waals surface area contributed by atoms with Crippen molar-refractivity contribution in [3.63, 3.8) is 0 Å². The predicted octanol–water partition coefficient (Wildman–Crippen LogP) is 3.27. The fourth-order valence-corrected chi connectivity index (χ4v) is 4.97. The second kappa shape index (κ2) is 10.3. The summed E-state index contributed by atoms with van der Waals surface area (Å²) in [5, 5.41) is 0.795. The summed E-state index contributed by atoms with van der Waals surface area (Å²) in [4.78, 5) is 20.3. The van der Waals surface area contributed by atoms with Crippen LogP contribution in [-0.2, 0) is 16.1 Å². The minimum atomic E-state index is 0.278. The number of amides is 1. The quantitative estimate of drug-likeness (QED) is 0.648. The zero-order valence-electron chi connectivity index (χ0n) is 17.4. The number of nitrogens with zero attached hydrogens (tertiary/aromatic N) is 3. The van der Waals surface area contributed by atoms with Crippen LogP contribution in [-0.4, -0.2) is 79.1 Å². The van der Waals surface area contributed by atoms with Crippen molar-refractivity contribution in [2.45, 2.75) is 44.7 Å². The molecular formula is C23H34ClN3O2. The highest BCUT2D eigenvalue weighted by atomic mass is 35.5. The van der Waals surface area contributed by atoms with Crippen molar-refractivity contribution in [2.75, 3.05) is 52.5 Å². The van der Waals surface area contributed by atoms with Crippen LogP contribution in [0.5, 0.6) is 0 Å². The van der Waals surface area contributed by atoms with Gasteiger partial charge in [-0.25, -0.2) is 0 Å². The number of likely N-dealkylation sites (tertiary alicyclic amines) is 1. The van der Waals surface area contributed by atoms with Crippen LogP contribution in [0.3, 0.4) is 0 Å². The summed E-state index contributed by atoms with van der Waals surface area (Å²) in [6.45, 7) is 8.62. The molecular weight excluding hydrogens is 386 g/mol. The minimum absolute atomic E-state index is 0.278. The van der Waals surface area contributed by atoms with Gasteiger partial charge in [-0.3, -0.25) is 14.6 Å². The first-order valence-corrected chi connectivity index (χ1v) is 11.6. The predicted molar refractivity (Wildman–Crippen MR) is 116 cm³/mol. The molecule has 0 spiro atoms. The lowest BCUT2D eigenvalue weighted by atomic mass is 9.84. The Morgan fingerprint density at radius 2 is 1.97 bits per heavy atom. The van der Waals surface area contributed by atoms with Crippen molar-refractivity contribution in [1.82, 2.24) is 14.7 Å². The highest BCUT2D eigenvalue weighted by Crippen LogP contribution is 2.30. The molecule has 0 aromatic heterocycles. The number of carbonyl (C=O) groups excluding carboxylic acids is 1. The summed E-state index contributed by atoms with van der Waals surface area (Å²) in [6, 6.07) is 8.48. The number of morpholine rings is 1. The average molecular weight is 420 g/mol. The third-order valence-corrected chi connectivity index (χ3v) is 6.93. The molecule has 160 valence electrons. The molecule has 1 saturated carbocycles. The zero-order chi connectivity index (χ0) is 20.1. The Labute approximate surface area is 179 Å². The maximum absolute atomic E-state index is 13.2. The molecule has 5 nitrogen and oxygen atoms in total. The first kappa shape index (κ1) is 21.1. The summed E-state index contributed by atoms with van der Waals surface area (Å²) >= 11 is 6.15. The molecule has 1 atom stereocenters.